The topological polar surface area (TPSA) is 52.7 Å². The first kappa shape index (κ1) is 18.3. The summed E-state index contributed by atoms with van der Waals surface area (Å²) in [6.07, 6.45) is 0.323. The standard InChI is InChI=1S/C19H27N3O2S/c1-3-22-13-16(11-18(22)23)19(24)20-17-5-4-15(10-14(17)2)12-21-6-8-25-9-7-21/h4-5,10,16H,3,6-9,11-13H2,1-2H3,(H,20,24). The van der Waals surface area contributed by atoms with Crippen molar-refractivity contribution in [3.8, 4) is 0 Å². The van der Waals surface area contributed by atoms with E-state index in [2.05, 4.69) is 22.3 Å². The number of rotatable bonds is 5. The molecule has 0 spiro atoms. The van der Waals surface area contributed by atoms with Crippen molar-refractivity contribution in [2.24, 2.45) is 5.92 Å². The molecule has 0 bridgehead atoms. The molecule has 0 aromatic heterocycles. The van der Waals surface area contributed by atoms with Gasteiger partial charge >= 0.3 is 0 Å². The van der Waals surface area contributed by atoms with Gasteiger partial charge in [-0.05, 0) is 31.0 Å². The Morgan fingerprint density at radius 1 is 1.32 bits per heavy atom. The van der Waals surface area contributed by atoms with Crippen molar-refractivity contribution in [3.05, 3.63) is 29.3 Å². The summed E-state index contributed by atoms with van der Waals surface area (Å²) in [5.41, 5.74) is 3.22. The fourth-order valence-electron chi connectivity index (χ4n) is 3.47. The van der Waals surface area contributed by atoms with E-state index in [4.69, 9.17) is 0 Å². The van der Waals surface area contributed by atoms with Crippen LogP contribution in [0.4, 0.5) is 5.69 Å². The number of likely N-dealkylation sites (tertiary alicyclic amines) is 1. The molecule has 1 atom stereocenters. The second kappa shape index (κ2) is 8.23. The third kappa shape index (κ3) is 4.55. The zero-order valence-electron chi connectivity index (χ0n) is 15.1. The van der Waals surface area contributed by atoms with Crippen LogP contribution in [0.5, 0.6) is 0 Å². The summed E-state index contributed by atoms with van der Waals surface area (Å²) in [6.45, 7) is 8.44. The van der Waals surface area contributed by atoms with Crippen molar-refractivity contribution in [2.75, 3.05) is 43.0 Å². The molecule has 2 fully saturated rings. The van der Waals surface area contributed by atoms with Gasteiger partial charge in [-0.3, -0.25) is 14.5 Å². The van der Waals surface area contributed by atoms with Crippen LogP contribution in [0.1, 0.15) is 24.5 Å². The van der Waals surface area contributed by atoms with Crippen LogP contribution >= 0.6 is 11.8 Å². The van der Waals surface area contributed by atoms with Gasteiger partial charge in [-0.2, -0.15) is 11.8 Å². The third-order valence-electron chi connectivity index (χ3n) is 5.03. The molecule has 2 amide bonds. The predicted octanol–water partition coefficient (Wildman–Crippen LogP) is 2.35. The molecule has 6 heteroatoms. The second-order valence-electron chi connectivity index (χ2n) is 6.86. The monoisotopic (exact) mass is 361 g/mol. The van der Waals surface area contributed by atoms with Crippen molar-refractivity contribution in [2.45, 2.75) is 26.8 Å². The molecule has 2 heterocycles. The Morgan fingerprint density at radius 3 is 2.72 bits per heavy atom. The van der Waals surface area contributed by atoms with Gasteiger partial charge in [0.25, 0.3) is 0 Å². The van der Waals surface area contributed by atoms with E-state index in [9.17, 15) is 9.59 Å². The molecule has 0 aliphatic carbocycles. The highest BCUT2D eigenvalue weighted by Gasteiger charge is 2.33. The number of hydrogen-bond acceptors (Lipinski definition) is 4. The molecule has 25 heavy (non-hydrogen) atoms. The number of nitrogens with zero attached hydrogens (tertiary/aromatic N) is 2. The highest BCUT2D eigenvalue weighted by Crippen LogP contribution is 2.23. The normalized spacial score (nSPS) is 21.6. The molecule has 1 unspecified atom stereocenters. The van der Waals surface area contributed by atoms with Crippen LogP contribution < -0.4 is 5.32 Å². The lowest BCUT2D eigenvalue weighted by atomic mass is 10.1. The number of anilines is 1. The van der Waals surface area contributed by atoms with E-state index >= 15 is 0 Å². The Kier molecular flexibility index (Phi) is 6.02. The lowest BCUT2D eigenvalue weighted by Crippen LogP contribution is -2.32. The summed E-state index contributed by atoms with van der Waals surface area (Å²) in [5, 5.41) is 3.01. The molecule has 0 radical (unpaired) electrons. The van der Waals surface area contributed by atoms with Crippen molar-refractivity contribution in [1.29, 1.82) is 0 Å². The van der Waals surface area contributed by atoms with Gasteiger partial charge in [0.05, 0.1) is 5.92 Å². The highest BCUT2D eigenvalue weighted by molar-refractivity contribution is 7.99. The number of carbonyl (C=O) groups excluding carboxylic acids is 2. The van der Waals surface area contributed by atoms with E-state index in [1.54, 1.807) is 4.90 Å². The van der Waals surface area contributed by atoms with Crippen LogP contribution in [0, 0.1) is 12.8 Å². The van der Waals surface area contributed by atoms with E-state index in [0.29, 0.717) is 19.5 Å². The number of hydrogen-bond donors (Lipinski definition) is 1. The SMILES string of the molecule is CCN1CC(C(=O)Nc2ccc(CN3CCSCC3)cc2C)CC1=O. The Morgan fingerprint density at radius 2 is 2.08 bits per heavy atom. The maximum atomic E-state index is 12.5. The minimum Gasteiger partial charge on any atom is -0.342 e. The highest BCUT2D eigenvalue weighted by atomic mass is 32.2. The van der Waals surface area contributed by atoms with Gasteiger partial charge in [0.2, 0.25) is 11.8 Å². The summed E-state index contributed by atoms with van der Waals surface area (Å²) in [5.74, 6) is 2.21. The van der Waals surface area contributed by atoms with Crippen molar-refractivity contribution in [1.82, 2.24) is 9.80 Å². The lowest BCUT2D eigenvalue weighted by molar-refractivity contribution is -0.128. The molecule has 2 aliphatic heterocycles. The van der Waals surface area contributed by atoms with Crippen LogP contribution in [-0.4, -0.2) is 59.3 Å². The Balaban J connectivity index is 1.59. The number of benzene rings is 1. The number of amides is 2. The van der Waals surface area contributed by atoms with Gasteiger partial charge in [0.1, 0.15) is 0 Å². The average molecular weight is 362 g/mol. The number of nitrogens with one attached hydrogen (secondary N) is 1. The van der Waals surface area contributed by atoms with E-state index in [0.717, 1.165) is 30.9 Å². The van der Waals surface area contributed by atoms with Gasteiger partial charge in [0, 0.05) is 56.3 Å². The van der Waals surface area contributed by atoms with Crippen LogP contribution in [0.2, 0.25) is 0 Å². The zero-order valence-corrected chi connectivity index (χ0v) is 15.9. The maximum Gasteiger partial charge on any atom is 0.229 e. The molecule has 1 aromatic rings. The minimum absolute atomic E-state index is 0.0480. The molecule has 2 aliphatic rings. The summed E-state index contributed by atoms with van der Waals surface area (Å²) < 4.78 is 0. The first-order valence-corrected chi connectivity index (χ1v) is 10.2. The minimum atomic E-state index is -0.239. The third-order valence-corrected chi connectivity index (χ3v) is 5.97. The lowest BCUT2D eigenvalue weighted by Gasteiger charge is -2.26. The average Bonchev–Trinajstić information content (AvgIpc) is 2.99. The molecule has 0 saturated carbocycles. The van der Waals surface area contributed by atoms with Gasteiger partial charge in [-0.1, -0.05) is 12.1 Å². The van der Waals surface area contributed by atoms with Gasteiger partial charge in [0.15, 0.2) is 0 Å². The van der Waals surface area contributed by atoms with Crippen molar-refractivity contribution in [3.63, 3.8) is 0 Å². The molecule has 3 rings (SSSR count). The van der Waals surface area contributed by atoms with Crippen LogP contribution in [0.3, 0.4) is 0 Å². The van der Waals surface area contributed by atoms with Gasteiger partial charge < -0.3 is 10.2 Å². The smallest absolute Gasteiger partial charge is 0.229 e. The fourth-order valence-corrected chi connectivity index (χ4v) is 4.45. The van der Waals surface area contributed by atoms with Gasteiger partial charge in [-0.25, -0.2) is 0 Å². The largest absolute Gasteiger partial charge is 0.342 e. The maximum absolute atomic E-state index is 12.5. The quantitative estimate of drug-likeness (QED) is 0.875. The van der Waals surface area contributed by atoms with Crippen molar-refractivity contribution >= 4 is 29.3 Å². The first-order chi connectivity index (χ1) is 12.1. The summed E-state index contributed by atoms with van der Waals surface area (Å²) in [4.78, 5) is 28.5. The Hall–Kier alpha value is -1.53. The van der Waals surface area contributed by atoms with Crippen LogP contribution in [0.25, 0.3) is 0 Å². The number of aryl methyl sites for hydroxylation is 1. The number of carbonyl (C=O) groups is 2. The molecule has 1 aromatic carbocycles. The summed E-state index contributed by atoms with van der Waals surface area (Å²) in [6, 6.07) is 6.26. The van der Waals surface area contributed by atoms with Crippen LogP contribution in [-0.2, 0) is 16.1 Å². The predicted molar refractivity (Wildman–Crippen MR) is 103 cm³/mol. The molecular formula is C19H27N3O2S. The molecule has 5 nitrogen and oxygen atoms in total. The first-order valence-electron chi connectivity index (χ1n) is 9.05. The van der Waals surface area contributed by atoms with Gasteiger partial charge in [-0.15, -0.1) is 0 Å². The molecule has 136 valence electrons. The van der Waals surface area contributed by atoms with E-state index in [1.165, 1.54) is 17.1 Å². The Labute approximate surface area is 154 Å². The molecule has 1 N–H and O–H groups in total. The van der Waals surface area contributed by atoms with E-state index in [-0.39, 0.29) is 17.7 Å². The van der Waals surface area contributed by atoms with Crippen molar-refractivity contribution < 1.29 is 9.59 Å². The molecular weight excluding hydrogens is 334 g/mol. The van der Waals surface area contributed by atoms with Crippen LogP contribution in [0.15, 0.2) is 18.2 Å². The van der Waals surface area contributed by atoms with E-state index < -0.39 is 0 Å². The fraction of sp³-hybridized carbons (Fsp3) is 0.579. The molecule has 2 saturated heterocycles. The van der Waals surface area contributed by atoms with E-state index in [1.807, 2.05) is 31.7 Å². The second-order valence-corrected chi connectivity index (χ2v) is 8.09. The summed E-state index contributed by atoms with van der Waals surface area (Å²) in [7, 11) is 0. The Bertz CT molecular complexity index is 644. The summed E-state index contributed by atoms with van der Waals surface area (Å²) >= 11 is 2.02. The zero-order chi connectivity index (χ0) is 17.8. The number of thioether (sulfide) groups is 1.